The van der Waals surface area contributed by atoms with E-state index in [0.717, 1.165) is 15.6 Å². The molecular weight excluding hydrogens is 437 g/mol. The molecule has 3 rings (SSSR count). The second kappa shape index (κ2) is 8.44. The van der Waals surface area contributed by atoms with E-state index < -0.39 is 17.3 Å². The summed E-state index contributed by atoms with van der Waals surface area (Å²) in [5.74, 6) is -0.334. The molecule has 156 valence electrons. The van der Waals surface area contributed by atoms with Crippen molar-refractivity contribution in [1.29, 1.82) is 0 Å². The summed E-state index contributed by atoms with van der Waals surface area (Å²) in [6.07, 6.45) is 1.10. The predicted molar refractivity (Wildman–Crippen MR) is 114 cm³/mol. The quantitative estimate of drug-likeness (QED) is 0.576. The first kappa shape index (κ1) is 21.8. The van der Waals surface area contributed by atoms with Crippen LogP contribution in [0.1, 0.15) is 57.2 Å². The van der Waals surface area contributed by atoms with E-state index in [1.807, 2.05) is 31.2 Å². The number of hydrogen-bond donors (Lipinski definition) is 1. The van der Waals surface area contributed by atoms with E-state index in [-0.39, 0.29) is 11.9 Å². The monoisotopic (exact) mass is 463 g/mol. The maximum Gasteiger partial charge on any atom is 0.411 e. The fraction of sp³-hybridized carbons (Fsp3) is 0.435. The number of hydrogen-bond acceptors (Lipinski definition) is 3. The van der Waals surface area contributed by atoms with E-state index in [1.54, 1.807) is 30.9 Å². The Bertz CT molecular complexity index is 848. The van der Waals surface area contributed by atoms with E-state index in [1.165, 1.54) is 12.1 Å². The normalized spacial score (nSPS) is 21.0. The number of rotatable bonds is 6. The van der Waals surface area contributed by atoms with Crippen LogP contribution in [0.3, 0.4) is 0 Å². The third-order valence-electron chi connectivity index (χ3n) is 5.60. The largest absolute Gasteiger partial charge is 0.438 e. The Morgan fingerprint density at radius 3 is 2.38 bits per heavy atom. The van der Waals surface area contributed by atoms with Gasteiger partial charge in [-0.25, -0.2) is 9.18 Å². The molecule has 0 saturated carbocycles. The number of benzene rings is 2. The van der Waals surface area contributed by atoms with Crippen molar-refractivity contribution in [3.8, 4) is 0 Å². The molecule has 2 atom stereocenters. The molecule has 0 aliphatic carbocycles. The van der Waals surface area contributed by atoms with Crippen LogP contribution in [0.5, 0.6) is 0 Å². The number of halogens is 2. The van der Waals surface area contributed by atoms with Crippen LogP contribution < -0.4 is 0 Å². The van der Waals surface area contributed by atoms with Crippen LogP contribution in [0.15, 0.2) is 53.0 Å². The molecule has 0 bridgehead atoms. The molecule has 2 aromatic carbocycles. The lowest BCUT2D eigenvalue weighted by Crippen LogP contribution is -2.49. The summed E-state index contributed by atoms with van der Waals surface area (Å²) in [6, 6.07) is 13.8. The summed E-state index contributed by atoms with van der Waals surface area (Å²) >= 11 is 3.43. The predicted octanol–water partition coefficient (Wildman–Crippen LogP) is 5.94. The van der Waals surface area contributed by atoms with Crippen molar-refractivity contribution in [2.75, 3.05) is 6.54 Å². The highest BCUT2D eigenvalue weighted by molar-refractivity contribution is 9.10. The lowest BCUT2D eigenvalue weighted by molar-refractivity contribution is -0.0768. The van der Waals surface area contributed by atoms with Crippen molar-refractivity contribution >= 4 is 22.0 Å². The van der Waals surface area contributed by atoms with Gasteiger partial charge in [0.25, 0.3) is 0 Å². The van der Waals surface area contributed by atoms with Crippen molar-refractivity contribution in [2.45, 2.75) is 57.3 Å². The van der Waals surface area contributed by atoms with Gasteiger partial charge in [-0.2, -0.15) is 0 Å². The minimum atomic E-state index is -0.888. The Balaban J connectivity index is 1.84. The van der Waals surface area contributed by atoms with Crippen LogP contribution in [-0.2, 0) is 10.3 Å². The van der Waals surface area contributed by atoms with Crippen molar-refractivity contribution in [1.82, 2.24) is 4.90 Å². The Morgan fingerprint density at radius 1 is 1.21 bits per heavy atom. The van der Waals surface area contributed by atoms with Crippen LogP contribution >= 0.6 is 15.9 Å². The number of aliphatic hydroxyl groups is 1. The zero-order chi connectivity index (χ0) is 21.2. The van der Waals surface area contributed by atoms with Gasteiger partial charge in [0.15, 0.2) is 0 Å². The van der Waals surface area contributed by atoms with Gasteiger partial charge < -0.3 is 14.7 Å². The van der Waals surface area contributed by atoms with Gasteiger partial charge >= 0.3 is 6.09 Å². The Morgan fingerprint density at radius 2 is 1.83 bits per heavy atom. The Labute approximate surface area is 179 Å². The molecule has 0 radical (unpaired) electrons. The Hall–Kier alpha value is -1.92. The molecule has 1 aliphatic rings. The first-order valence-corrected chi connectivity index (χ1v) is 10.6. The van der Waals surface area contributed by atoms with E-state index in [9.17, 15) is 14.3 Å². The topological polar surface area (TPSA) is 49.8 Å². The standard InChI is InChI=1S/C23H27BrFNO3/c1-16(17-4-8-19(24)9-5-17)26-15-14-23(29-21(26)27,13-12-22(2,3)28)18-6-10-20(25)11-7-18/h4-11,16,28H,12-15H2,1-3H3/t16-,23+/m0/s1. The van der Waals surface area contributed by atoms with Gasteiger partial charge in [-0.1, -0.05) is 40.2 Å². The maximum atomic E-state index is 13.5. The molecule has 1 saturated heterocycles. The van der Waals surface area contributed by atoms with Crippen molar-refractivity contribution in [2.24, 2.45) is 0 Å². The molecule has 0 aromatic heterocycles. The van der Waals surface area contributed by atoms with Crippen molar-refractivity contribution in [3.05, 3.63) is 69.9 Å². The summed E-state index contributed by atoms with van der Waals surface area (Å²) in [6.45, 7) is 5.96. The summed E-state index contributed by atoms with van der Waals surface area (Å²) < 4.78 is 20.5. The molecule has 29 heavy (non-hydrogen) atoms. The second-order valence-electron chi connectivity index (χ2n) is 8.35. The van der Waals surface area contributed by atoms with E-state index in [4.69, 9.17) is 4.74 Å². The molecule has 4 nitrogen and oxygen atoms in total. The third-order valence-corrected chi connectivity index (χ3v) is 6.13. The lowest BCUT2D eigenvalue weighted by atomic mass is 9.82. The molecular formula is C23H27BrFNO3. The molecule has 1 aliphatic heterocycles. The minimum absolute atomic E-state index is 0.129. The fourth-order valence-corrected chi connectivity index (χ4v) is 3.99. The maximum absolute atomic E-state index is 13.5. The highest BCUT2D eigenvalue weighted by Gasteiger charge is 2.44. The van der Waals surface area contributed by atoms with Crippen LogP contribution in [0.25, 0.3) is 0 Å². The average Bonchev–Trinajstić information content (AvgIpc) is 2.66. The molecule has 1 heterocycles. The van der Waals surface area contributed by atoms with Gasteiger partial charge in [-0.3, -0.25) is 0 Å². The van der Waals surface area contributed by atoms with E-state index in [0.29, 0.717) is 25.8 Å². The molecule has 6 heteroatoms. The fourth-order valence-electron chi connectivity index (χ4n) is 3.73. The summed E-state index contributed by atoms with van der Waals surface area (Å²) in [7, 11) is 0. The molecule has 0 spiro atoms. The number of amides is 1. The molecule has 0 unspecified atom stereocenters. The zero-order valence-electron chi connectivity index (χ0n) is 17.0. The van der Waals surface area contributed by atoms with Crippen LogP contribution in [0.2, 0.25) is 0 Å². The molecule has 2 aromatic rings. The number of cyclic esters (lactones) is 1. The molecule has 1 fully saturated rings. The van der Waals surface area contributed by atoms with E-state index in [2.05, 4.69) is 15.9 Å². The van der Waals surface area contributed by atoms with Crippen LogP contribution in [0.4, 0.5) is 9.18 Å². The van der Waals surface area contributed by atoms with Gasteiger partial charge in [0.2, 0.25) is 0 Å². The van der Waals surface area contributed by atoms with Crippen LogP contribution in [-0.4, -0.2) is 28.2 Å². The smallest absolute Gasteiger partial charge is 0.411 e. The van der Waals surface area contributed by atoms with Crippen molar-refractivity contribution < 1.29 is 19.0 Å². The average molecular weight is 464 g/mol. The summed E-state index contributed by atoms with van der Waals surface area (Å²) in [5, 5.41) is 10.2. The summed E-state index contributed by atoms with van der Waals surface area (Å²) in [4.78, 5) is 14.7. The second-order valence-corrected chi connectivity index (χ2v) is 9.27. The number of carbonyl (C=O) groups excluding carboxylic acids is 1. The number of nitrogens with zero attached hydrogens (tertiary/aromatic N) is 1. The third kappa shape index (κ3) is 5.17. The van der Waals surface area contributed by atoms with Gasteiger partial charge in [0.05, 0.1) is 11.6 Å². The van der Waals surface area contributed by atoms with Crippen molar-refractivity contribution in [3.63, 3.8) is 0 Å². The zero-order valence-corrected chi connectivity index (χ0v) is 18.6. The van der Waals surface area contributed by atoms with Crippen LogP contribution in [0, 0.1) is 5.82 Å². The highest BCUT2D eigenvalue weighted by atomic mass is 79.9. The van der Waals surface area contributed by atoms with Gasteiger partial charge in [0, 0.05) is 17.4 Å². The highest BCUT2D eigenvalue weighted by Crippen LogP contribution is 2.41. The van der Waals surface area contributed by atoms with Gasteiger partial charge in [0.1, 0.15) is 11.4 Å². The SMILES string of the molecule is C[C@@H](c1ccc(Br)cc1)N1CC[C@](CCC(C)(C)O)(c2ccc(F)cc2)OC1=O. The number of ether oxygens (including phenoxy) is 1. The van der Waals surface area contributed by atoms with Gasteiger partial charge in [-0.15, -0.1) is 0 Å². The lowest BCUT2D eigenvalue weighted by Gasteiger charge is -2.44. The Kier molecular flexibility index (Phi) is 6.34. The first-order chi connectivity index (χ1) is 13.6. The molecule has 1 amide bonds. The minimum Gasteiger partial charge on any atom is -0.438 e. The van der Waals surface area contributed by atoms with E-state index >= 15 is 0 Å². The molecule has 1 N–H and O–H groups in total. The first-order valence-electron chi connectivity index (χ1n) is 9.83. The van der Waals surface area contributed by atoms with Gasteiger partial charge in [-0.05, 0) is 69.0 Å². The number of carbonyl (C=O) groups is 1. The summed E-state index contributed by atoms with van der Waals surface area (Å²) in [5.41, 5.74) is 0.0190.